The van der Waals surface area contributed by atoms with Gasteiger partial charge in [-0.15, -0.1) is 0 Å². The highest BCUT2D eigenvalue weighted by molar-refractivity contribution is 5.85. The third kappa shape index (κ3) is 5.58. The van der Waals surface area contributed by atoms with Crippen LogP contribution in [0.4, 0.5) is 4.79 Å². The Morgan fingerprint density at radius 1 is 1.12 bits per heavy atom. The van der Waals surface area contributed by atoms with Crippen LogP contribution in [-0.4, -0.2) is 23.6 Å². The van der Waals surface area contributed by atoms with Crippen LogP contribution in [0.1, 0.15) is 41.5 Å². The lowest BCUT2D eigenvalue weighted by Gasteiger charge is -2.29. The number of hydrogen-bond donors (Lipinski definition) is 2. The van der Waals surface area contributed by atoms with E-state index in [1.54, 1.807) is 20.8 Å². The Morgan fingerprint density at radius 2 is 1.56 bits per heavy atom. The molecule has 0 aromatic carbocycles. The zero-order valence-electron chi connectivity index (χ0n) is 10.9. The number of rotatable bonds is 2. The van der Waals surface area contributed by atoms with Crippen molar-refractivity contribution in [3.05, 3.63) is 0 Å². The maximum atomic E-state index is 11.5. The molecule has 5 nitrogen and oxygen atoms in total. The molecule has 5 heteroatoms. The average molecular weight is 230 g/mol. The van der Waals surface area contributed by atoms with Crippen molar-refractivity contribution in [1.82, 2.24) is 5.32 Å². The molecule has 0 aromatic heterocycles. The summed E-state index contributed by atoms with van der Waals surface area (Å²) >= 11 is 0. The predicted octanol–water partition coefficient (Wildman–Crippen LogP) is 1.41. The molecule has 0 rings (SSSR count). The summed E-state index contributed by atoms with van der Waals surface area (Å²) in [6.45, 7) is 10.7. The largest absolute Gasteiger partial charge is 0.444 e. The lowest BCUT2D eigenvalue weighted by atomic mass is 9.86. The first kappa shape index (κ1) is 14.7. The SMILES string of the molecule is CC(C)(C)OC(=O)N[C@@H](C(N)=O)C(C)(C)C. The Hall–Kier alpha value is -1.26. The van der Waals surface area contributed by atoms with Gasteiger partial charge in [0.2, 0.25) is 5.91 Å². The molecule has 0 fully saturated rings. The third-order valence-electron chi connectivity index (χ3n) is 1.81. The summed E-state index contributed by atoms with van der Waals surface area (Å²) in [5.41, 5.74) is 4.19. The molecule has 3 N–H and O–H groups in total. The molecule has 0 unspecified atom stereocenters. The van der Waals surface area contributed by atoms with Crippen LogP contribution in [0.3, 0.4) is 0 Å². The van der Waals surface area contributed by atoms with Gasteiger partial charge in [-0.25, -0.2) is 4.79 Å². The van der Waals surface area contributed by atoms with Gasteiger partial charge in [-0.2, -0.15) is 0 Å². The predicted molar refractivity (Wildman–Crippen MR) is 61.8 cm³/mol. The second kappa shape index (κ2) is 4.72. The van der Waals surface area contributed by atoms with Crippen molar-refractivity contribution in [3.8, 4) is 0 Å². The molecule has 0 bridgehead atoms. The first-order valence-electron chi connectivity index (χ1n) is 5.22. The second-order valence-corrected chi connectivity index (χ2v) is 5.85. The number of carbonyl (C=O) groups excluding carboxylic acids is 2. The van der Waals surface area contributed by atoms with Gasteiger partial charge >= 0.3 is 6.09 Å². The van der Waals surface area contributed by atoms with Gasteiger partial charge in [-0.3, -0.25) is 4.79 Å². The highest BCUT2D eigenvalue weighted by Crippen LogP contribution is 2.19. The van der Waals surface area contributed by atoms with E-state index < -0.39 is 29.1 Å². The van der Waals surface area contributed by atoms with E-state index in [4.69, 9.17) is 10.5 Å². The number of alkyl carbamates (subject to hydrolysis) is 1. The Morgan fingerprint density at radius 3 is 1.81 bits per heavy atom. The Bertz CT molecular complexity index is 274. The molecule has 0 aliphatic rings. The molecule has 0 saturated carbocycles. The van der Waals surface area contributed by atoms with Crippen LogP contribution in [0.25, 0.3) is 0 Å². The summed E-state index contributed by atoms with van der Waals surface area (Å²) in [5.74, 6) is -0.571. The van der Waals surface area contributed by atoms with Gasteiger partial charge in [0, 0.05) is 0 Å². The van der Waals surface area contributed by atoms with Gasteiger partial charge in [0.15, 0.2) is 0 Å². The molecule has 0 radical (unpaired) electrons. The van der Waals surface area contributed by atoms with E-state index in [0.717, 1.165) is 0 Å². The zero-order chi connectivity index (χ0) is 13.1. The van der Waals surface area contributed by atoms with E-state index in [9.17, 15) is 9.59 Å². The minimum atomic E-state index is -0.748. The molecule has 0 spiro atoms. The number of carbonyl (C=O) groups is 2. The normalized spacial score (nSPS) is 14.1. The molecule has 0 saturated heterocycles. The summed E-state index contributed by atoms with van der Waals surface area (Å²) in [5, 5.41) is 2.48. The van der Waals surface area contributed by atoms with Crippen molar-refractivity contribution >= 4 is 12.0 Å². The summed E-state index contributed by atoms with van der Waals surface area (Å²) in [6.07, 6.45) is -0.633. The van der Waals surface area contributed by atoms with Gasteiger partial charge in [0.1, 0.15) is 11.6 Å². The van der Waals surface area contributed by atoms with E-state index in [1.807, 2.05) is 20.8 Å². The Balaban J connectivity index is 4.56. The molecular weight excluding hydrogens is 208 g/mol. The van der Waals surface area contributed by atoms with E-state index in [-0.39, 0.29) is 0 Å². The van der Waals surface area contributed by atoms with Crippen LogP contribution in [0.2, 0.25) is 0 Å². The number of primary amides is 1. The number of hydrogen-bond acceptors (Lipinski definition) is 3. The first-order chi connectivity index (χ1) is 6.93. The maximum absolute atomic E-state index is 11.5. The molecule has 0 aliphatic carbocycles. The van der Waals surface area contributed by atoms with Crippen LogP contribution >= 0.6 is 0 Å². The summed E-state index contributed by atoms with van der Waals surface area (Å²) in [4.78, 5) is 22.7. The molecule has 2 amide bonds. The monoisotopic (exact) mass is 230 g/mol. The molecular formula is C11H22N2O3. The first-order valence-corrected chi connectivity index (χ1v) is 5.22. The van der Waals surface area contributed by atoms with Crippen LogP contribution in [0.15, 0.2) is 0 Å². The molecule has 16 heavy (non-hydrogen) atoms. The van der Waals surface area contributed by atoms with Gasteiger partial charge in [0.25, 0.3) is 0 Å². The van der Waals surface area contributed by atoms with E-state index in [0.29, 0.717) is 0 Å². The second-order valence-electron chi connectivity index (χ2n) is 5.85. The van der Waals surface area contributed by atoms with Crippen molar-refractivity contribution in [3.63, 3.8) is 0 Å². The molecule has 0 aromatic rings. The summed E-state index contributed by atoms with van der Waals surface area (Å²) in [7, 11) is 0. The van der Waals surface area contributed by atoms with Gasteiger partial charge < -0.3 is 15.8 Å². The smallest absolute Gasteiger partial charge is 0.408 e. The molecule has 0 heterocycles. The lowest BCUT2D eigenvalue weighted by molar-refractivity contribution is -0.122. The van der Waals surface area contributed by atoms with Gasteiger partial charge in [-0.1, -0.05) is 20.8 Å². The maximum Gasteiger partial charge on any atom is 0.408 e. The van der Waals surface area contributed by atoms with Crippen LogP contribution in [0.5, 0.6) is 0 Å². The number of amides is 2. The highest BCUT2D eigenvalue weighted by Gasteiger charge is 2.32. The van der Waals surface area contributed by atoms with E-state index in [1.165, 1.54) is 0 Å². The summed E-state index contributed by atoms with van der Waals surface area (Å²) < 4.78 is 5.06. The van der Waals surface area contributed by atoms with Crippen molar-refractivity contribution < 1.29 is 14.3 Å². The van der Waals surface area contributed by atoms with Crippen LogP contribution < -0.4 is 11.1 Å². The minimum absolute atomic E-state index is 0.442. The quantitative estimate of drug-likeness (QED) is 0.752. The topological polar surface area (TPSA) is 81.4 Å². The fraction of sp³-hybridized carbons (Fsp3) is 0.818. The molecule has 1 atom stereocenters. The third-order valence-corrected chi connectivity index (χ3v) is 1.81. The van der Waals surface area contributed by atoms with Crippen LogP contribution in [0, 0.1) is 5.41 Å². The van der Waals surface area contributed by atoms with E-state index >= 15 is 0 Å². The average Bonchev–Trinajstić information content (AvgIpc) is 1.93. The van der Waals surface area contributed by atoms with Crippen molar-refractivity contribution in [2.75, 3.05) is 0 Å². The fourth-order valence-electron chi connectivity index (χ4n) is 1.14. The number of ether oxygens (including phenoxy) is 1. The van der Waals surface area contributed by atoms with Crippen molar-refractivity contribution in [2.45, 2.75) is 53.2 Å². The Kier molecular flexibility index (Phi) is 4.35. The van der Waals surface area contributed by atoms with Gasteiger partial charge in [-0.05, 0) is 26.2 Å². The fourth-order valence-corrected chi connectivity index (χ4v) is 1.14. The van der Waals surface area contributed by atoms with E-state index in [2.05, 4.69) is 5.32 Å². The lowest BCUT2D eigenvalue weighted by Crippen LogP contribution is -2.53. The van der Waals surface area contributed by atoms with Crippen LogP contribution in [-0.2, 0) is 9.53 Å². The summed E-state index contributed by atoms with van der Waals surface area (Å²) in [6, 6.07) is -0.748. The van der Waals surface area contributed by atoms with Crippen molar-refractivity contribution in [1.29, 1.82) is 0 Å². The van der Waals surface area contributed by atoms with Gasteiger partial charge in [0.05, 0.1) is 0 Å². The molecule has 94 valence electrons. The number of nitrogens with two attached hydrogens (primary N) is 1. The highest BCUT2D eigenvalue weighted by atomic mass is 16.6. The number of nitrogens with one attached hydrogen (secondary N) is 1. The minimum Gasteiger partial charge on any atom is -0.444 e. The molecule has 0 aliphatic heterocycles. The Labute approximate surface area is 96.7 Å². The van der Waals surface area contributed by atoms with Crippen molar-refractivity contribution in [2.24, 2.45) is 11.1 Å². The zero-order valence-corrected chi connectivity index (χ0v) is 10.9. The standard InChI is InChI=1S/C11H22N2O3/c1-10(2,3)7(8(12)14)13-9(15)16-11(4,5)6/h7H,1-6H3,(H2,12,14)(H,13,15)/t7-/m0/s1.